The van der Waals surface area contributed by atoms with E-state index in [1.54, 1.807) is 0 Å². The number of nitrogens with one attached hydrogen (secondary N) is 1. The van der Waals surface area contributed by atoms with Crippen molar-refractivity contribution in [2.75, 3.05) is 11.9 Å². The molecule has 0 spiro atoms. The first-order valence-electron chi connectivity index (χ1n) is 5.46. The number of nitriles is 1. The van der Waals surface area contributed by atoms with Gasteiger partial charge in [0.25, 0.3) is 5.69 Å². The van der Waals surface area contributed by atoms with Crippen molar-refractivity contribution in [3.63, 3.8) is 0 Å². The Bertz CT molecular complexity index is 501. The molecule has 2 rings (SSSR count). The van der Waals surface area contributed by atoms with Crippen molar-refractivity contribution >= 4 is 11.4 Å². The van der Waals surface area contributed by atoms with E-state index in [9.17, 15) is 10.1 Å². The van der Waals surface area contributed by atoms with Gasteiger partial charge in [0.15, 0.2) is 0 Å². The summed E-state index contributed by atoms with van der Waals surface area (Å²) in [4.78, 5) is 10.4. The van der Waals surface area contributed by atoms with Crippen LogP contribution in [-0.2, 0) is 0 Å². The van der Waals surface area contributed by atoms with Gasteiger partial charge in [-0.25, -0.2) is 0 Å². The molecule has 5 heteroatoms. The fraction of sp³-hybridized carbons (Fsp3) is 0.417. The Morgan fingerprint density at radius 1 is 1.59 bits per heavy atom. The molecule has 17 heavy (non-hydrogen) atoms. The van der Waals surface area contributed by atoms with E-state index in [2.05, 4.69) is 12.2 Å². The molecule has 1 saturated carbocycles. The van der Waals surface area contributed by atoms with Gasteiger partial charge in [0.2, 0.25) is 0 Å². The molecule has 0 aromatic heterocycles. The van der Waals surface area contributed by atoms with Crippen LogP contribution in [0.15, 0.2) is 18.2 Å². The summed E-state index contributed by atoms with van der Waals surface area (Å²) in [5.41, 5.74) is 1.14. The molecule has 88 valence electrons. The van der Waals surface area contributed by atoms with Gasteiger partial charge in [0, 0.05) is 12.6 Å². The average Bonchev–Trinajstić information content (AvgIpc) is 3.04. The van der Waals surface area contributed by atoms with Gasteiger partial charge in [-0.1, -0.05) is 6.92 Å². The minimum atomic E-state index is -0.432. The molecule has 0 saturated heterocycles. The van der Waals surface area contributed by atoms with Crippen molar-refractivity contribution in [3.8, 4) is 6.07 Å². The standard InChI is InChI=1S/C12H13N3O2/c1-12(4-5-12)8-14-10-6-9(7-13)2-3-11(10)15(16)17/h2-3,6,14H,4-5,8H2,1H3. The predicted octanol–water partition coefficient (Wildman–Crippen LogP) is 2.68. The van der Waals surface area contributed by atoms with E-state index in [4.69, 9.17) is 5.26 Å². The van der Waals surface area contributed by atoms with E-state index < -0.39 is 4.92 Å². The van der Waals surface area contributed by atoms with Crippen molar-refractivity contribution < 1.29 is 4.92 Å². The van der Waals surface area contributed by atoms with Crippen molar-refractivity contribution in [2.24, 2.45) is 5.41 Å². The Labute approximate surface area is 99.2 Å². The molecule has 0 unspecified atom stereocenters. The van der Waals surface area contributed by atoms with E-state index in [0.29, 0.717) is 17.8 Å². The summed E-state index contributed by atoms with van der Waals surface area (Å²) in [6.45, 7) is 2.85. The molecule has 0 bridgehead atoms. The third kappa shape index (κ3) is 2.53. The van der Waals surface area contributed by atoms with Crippen LogP contribution < -0.4 is 5.32 Å². The summed E-state index contributed by atoms with van der Waals surface area (Å²) in [6, 6.07) is 6.35. The van der Waals surface area contributed by atoms with Crippen molar-refractivity contribution in [1.29, 1.82) is 5.26 Å². The number of nitro groups is 1. The molecule has 1 fully saturated rings. The Morgan fingerprint density at radius 2 is 2.29 bits per heavy atom. The molecule has 0 radical (unpaired) electrons. The number of nitro benzene ring substituents is 1. The summed E-state index contributed by atoms with van der Waals surface area (Å²) < 4.78 is 0. The van der Waals surface area contributed by atoms with E-state index in [-0.39, 0.29) is 11.1 Å². The predicted molar refractivity (Wildman–Crippen MR) is 63.6 cm³/mol. The normalized spacial score (nSPS) is 16.0. The molecule has 1 aromatic carbocycles. The lowest BCUT2D eigenvalue weighted by atomic mass is 10.1. The lowest BCUT2D eigenvalue weighted by molar-refractivity contribution is -0.384. The summed E-state index contributed by atoms with van der Waals surface area (Å²) in [5.74, 6) is 0. The molecule has 0 atom stereocenters. The zero-order valence-corrected chi connectivity index (χ0v) is 9.56. The molecule has 5 nitrogen and oxygen atoms in total. The Hall–Kier alpha value is -2.09. The highest BCUT2D eigenvalue weighted by Crippen LogP contribution is 2.45. The number of hydrogen-bond donors (Lipinski definition) is 1. The Kier molecular flexibility index (Phi) is 2.72. The van der Waals surface area contributed by atoms with Gasteiger partial charge in [-0.05, 0) is 30.4 Å². The zero-order chi connectivity index (χ0) is 12.5. The summed E-state index contributed by atoms with van der Waals surface area (Å²) >= 11 is 0. The van der Waals surface area contributed by atoms with Gasteiger partial charge < -0.3 is 5.32 Å². The van der Waals surface area contributed by atoms with E-state index in [1.807, 2.05) is 6.07 Å². The molecule has 1 aromatic rings. The second-order valence-electron chi connectivity index (χ2n) is 4.77. The highest BCUT2D eigenvalue weighted by atomic mass is 16.6. The van der Waals surface area contributed by atoms with Crippen LogP contribution in [0.4, 0.5) is 11.4 Å². The third-order valence-electron chi connectivity index (χ3n) is 3.13. The zero-order valence-electron chi connectivity index (χ0n) is 9.56. The number of anilines is 1. The van der Waals surface area contributed by atoms with Crippen LogP contribution in [0, 0.1) is 26.9 Å². The Balaban J connectivity index is 2.22. The van der Waals surface area contributed by atoms with Crippen LogP contribution in [0.3, 0.4) is 0 Å². The highest BCUT2D eigenvalue weighted by molar-refractivity contribution is 5.64. The first-order chi connectivity index (χ1) is 8.04. The van der Waals surface area contributed by atoms with Crippen LogP contribution in [0.5, 0.6) is 0 Å². The summed E-state index contributed by atoms with van der Waals surface area (Å²) in [5, 5.41) is 22.7. The molecule has 1 aliphatic rings. The van der Waals surface area contributed by atoms with E-state index >= 15 is 0 Å². The smallest absolute Gasteiger partial charge is 0.292 e. The van der Waals surface area contributed by atoms with Crippen LogP contribution in [0.2, 0.25) is 0 Å². The fourth-order valence-electron chi connectivity index (χ4n) is 1.61. The van der Waals surface area contributed by atoms with E-state index in [0.717, 1.165) is 12.8 Å². The first kappa shape index (κ1) is 11.4. The number of hydrogen-bond acceptors (Lipinski definition) is 4. The van der Waals surface area contributed by atoms with Gasteiger partial charge in [-0.3, -0.25) is 10.1 Å². The second-order valence-corrected chi connectivity index (χ2v) is 4.77. The van der Waals surface area contributed by atoms with Crippen LogP contribution in [-0.4, -0.2) is 11.5 Å². The van der Waals surface area contributed by atoms with Crippen molar-refractivity contribution in [2.45, 2.75) is 19.8 Å². The Morgan fingerprint density at radius 3 is 2.82 bits per heavy atom. The van der Waals surface area contributed by atoms with Crippen LogP contribution in [0.25, 0.3) is 0 Å². The molecule has 1 aliphatic carbocycles. The van der Waals surface area contributed by atoms with Gasteiger partial charge in [-0.2, -0.15) is 5.26 Å². The molecule has 0 amide bonds. The van der Waals surface area contributed by atoms with Crippen LogP contribution >= 0.6 is 0 Å². The lowest BCUT2D eigenvalue weighted by Gasteiger charge is -2.11. The topological polar surface area (TPSA) is 79.0 Å². The molecule has 1 N–H and O–H groups in total. The molecular weight excluding hydrogens is 218 g/mol. The van der Waals surface area contributed by atoms with Gasteiger partial charge in [0.05, 0.1) is 16.6 Å². The monoisotopic (exact) mass is 231 g/mol. The third-order valence-corrected chi connectivity index (χ3v) is 3.13. The van der Waals surface area contributed by atoms with Gasteiger partial charge in [0.1, 0.15) is 5.69 Å². The fourth-order valence-corrected chi connectivity index (χ4v) is 1.61. The minimum absolute atomic E-state index is 0.0215. The maximum absolute atomic E-state index is 10.8. The maximum atomic E-state index is 10.8. The molecule has 0 aliphatic heterocycles. The number of nitrogens with zero attached hydrogens (tertiary/aromatic N) is 2. The largest absolute Gasteiger partial charge is 0.379 e. The second kappa shape index (κ2) is 4.06. The molecule has 0 heterocycles. The first-order valence-corrected chi connectivity index (χ1v) is 5.46. The minimum Gasteiger partial charge on any atom is -0.379 e. The number of rotatable bonds is 4. The number of benzene rings is 1. The summed E-state index contributed by atoms with van der Waals surface area (Å²) in [7, 11) is 0. The summed E-state index contributed by atoms with van der Waals surface area (Å²) in [6.07, 6.45) is 2.29. The molecular formula is C12H13N3O2. The average molecular weight is 231 g/mol. The van der Waals surface area contributed by atoms with Crippen LogP contribution in [0.1, 0.15) is 25.3 Å². The van der Waals surface area contributed by atoms with E-state index in [1.165, 1.54) is 18.2 Å². The van der Waals surface area contributed by atoms with Gasteiger partial charge >= 0.3 is 0 Å². The van der Waals surface area contributed by atoms with Crippen molar-refractivity contribution in [3.05, 3.63) is 33.9 Å². The quantitative estimate of drug-likeness (QED) is 0.638. The van der Waals surface area contributed by atoms with Crippen molar-refractivity contribution in [1.82, 2.24) is 0 Å². The van der Waals surface area contributed by atoms with Gasteiger partial charge in [-0.15, -0.1) is 0 Å². The lowest BCUT2D eigenvalue weighted by Crippen LogP contribution is -2.12. The highest BCUT2D eigenvalue weighted by Gasteiger charge is 2.37. The SMILES string of the molecule is CC1(CNc2cc(C#N)ccc2[N+](=O)[O-])CC1. The maximum Gasteiger partial charge on any atom is 0.292 e.